The van der Waals surface area contributed by atoms with Gasteiger partial charge in [0.2, 0.25) is 5.88 Å². The van der Waals surface area contributed by atoms with Crippen LogP contribution < -0.4 is 4.74 Å². The Balaban J connectivity index is 2.00. The Bertz CT molecular complexity index is 804. The van der Waals surface area contributed by atoms with Crippen LogP contribution in [0.3, 0.4) is 0 Å². The minimum Gasteiger partial charge on any atom is -0.405 e. The van der Waals surface area contributed by atoms with Crippen molar-refractivity contribution in [2.75, 3.05) is 0 Å². The predicted molar refractivity (Wildman–Crippen MR) is 83.1 cm³/mol. The van der Waals surface area contributed by atoms with E-state index in [4.69, 9.17) is 4.74 Å². The smallest absolute Gasteiger partial charge is 0.323 e. The molecule has 0 spiro atoms. The molecule has 22 heavy (non-hydrogen) atoms. The van der Waals surface area contributed by atoms with Crippen LogP contribution >= 0.6 is 0 Å². The molecule has 0 aromatic carbocycles. The van der Waals surface area contributed by atoms with E-state index in [2.05, 4.69) is 26.6 Å². The summed E-state index contributed by atoms with van der Waals surface area (Å²) in [5.74, 6) is 0.555. The highest BCUT2D eigenvalue weighted by atomic mass is 16.5. The van der Waals surface area contributed by atoms with E-state index in [9.17, 15) is 0 Å². The van der Waals surface area contributed by atoms with Gasteiger partial charge < -0.3 is 4.74 Å². The Hall–Kier alpha value is -2.76. The third-order valence-electron chi connectivity index (χ3n) is 3.14. The van der Waals surface area contributed by atoms with Gasteiger partial charge in [-0.2, -0.15) is 9.61 Å². The van der Waals surface area contributed by atoms with Gasteiger partial charge >= 0.3 is 6.01 Å². The lowest BCUT2D eigenvalue weighted by atomic mass is 10.2. The van der Waals surface area contributed by atoms with E-state index in [1.807, 2.05) is 38.1 Å². The summed E-state index contributed by atoms with van der Waals surface area (Å²) < 4.78 is 7.48. The highest BCUT2D eigenvalue weighted by molar-refractivity contribution is 5.41. The van der Waals surface area contributed by atoms with Crippen molar-refractivity contribution in [1.29, 1.82) is 0 Å². The van der Waals surface area contributed by atoms with Crippen LogP contribution in [0.1, 0.15) is 23.5 Å². The molecule has 0 atom stereocenters. The maximum absolute atomic E-state index is 5.84. The van der Waals surface area contributed by atoms with Crippen LogP contribution in [0.5, 0.6) is 11.9 Å². The second-order valence-electron chi connectivity index (χ2n) is 5.05. The van der Waals surface area contributed by atoms with Gasteiger partial charge in [0.25, 0.3) is 0 Å². The summed E-state index contributed by atoms with van der Waals surface area (Å²) in [4.78, 5) is 13.1. The lowest BCUT2D eigenvalue weighted by Crippen LogP contribution is -2.03. The summed E-state index contributed by atoms with van der Waals surface area (Å²) >= 11 is 0. The number of nitrogens with zero attached hydrogens (tertiary/aromatic N) is 5. The topological polar surface area (TPSA) is 65.2 Å². The summed E-state index contributed by atoms with van der Waals surface area (Å²) in [6, 6.07) is 5.92. The van der Waals surface area contributed by atoms with Crippen molar-refractivity contribution >= 4 is 5.65 Å². The first-order chi connectivity index (χ1) is 10.7. The minimum absolute atomic E-state index is 0.315. The molecule has 0 unspecified atom stereocenters. The molecule has 0 N–H and O–H groups in total. The molecule has 0 saturated heterocycles. The molecule has 6 nitrogen and oxygen atoms in total. The Morgan fingerprint density at radius 1 is 1.18 bits per heavy atom. The monoisotopic (exact) mass is 295 g/mol. The molecule has 3 heterocycles. The lowest BCUT2D eigenvalue weighted by Gasteiger charge is -2.09. The fraction of sp³-hybridized carbons (Fsp3) is 0.250. The molecular weight excluding hydrogens is 278 g/mol. The normalized spacial score (nSPS) is 10.8. The van der Waals surface area contributed by atoms with Crippen molar-refractivity contribution in [2.24, 2.45) is 0 Å². The summed E-state index contributed by atoms with van der Waals surface area (Å²) in [5, 5.41) is 4.23. The lowest BCUT2D eigenvalue weighted by molar-refractivity contribution is 0.408. The highest BCUT2D eigenvalue weighted by Crippen LogP contribution is 2.21. The highest BCUT2D eigenvalue weighted by Gasteiger charge is 2.10. The number of aromatic nitrogens is 5. The van der Waals surface area contributed by atoms with Gasteiger partial charge in [-0.1, -0.05) is 6.08 Å². The summed E-state index contributed by atoms with van der Waals surface area (Å²) in [7, 11) is 0. The Morgan fingerprint density at radius 3 is 2.68 bits per heavy atom. The van der Waals surface area contributed by atoms with Gasteiger partial charge in [-0.15, -0.1) is 6.58 Å². The predicted octanol–water partition coefficient (Wildman–Crippen LogP) is 3.05. The number of allylic oxidation sites excluding steroid dienone is 1. The van der Waals surface area contributed by atoms with Crippen LogP contribution in [0.4, 0.5) is 0 Å². The van der Waals surface area contributed by atoms with Gasteiger partial charge in [0.05, 0.1) is 6.20 Å². The van der Waals surface area contributed by atoms with Gasteiger partial charge in [0.15, 0.2) is 5.65 Å². The first-order valence-corrected chi connectivity index (χ1v) is 7.10. The first-order valence-electron chi connectivity index (χ1n) is 7.10. The number of hydrogen-bond acceptors (Lipinski definition) is 5. The maximum Gasteiger partial charge on any atom is 0.323 e. The van der Waals surface area contributed by atoms with Crippen LogP contribution in [0, 0.1) is 13.8 Å². The second kappa shape index (κ2) is 5.93. The van der Waals surface area contributed by atoms with Gasteiger partial charge in [0.1, 0.15) is 0 Å². The summed E-state index contributed by atoms with van der Waals surface area (Å²) in [5.41, 5.74) is 3.38. The molecule has 0 aliphatic heterocycles. The number of fused-ring (bicyclic) bond motifs is 1. The van der Waals surface area contributed by atoms with E-state index < -0.39 is 0 Å². The molecule has 0 amide bonds. The molecule has 0 aliphatic rings. The van der Waals surface area contributed by atoms with Crippen LogP contribution in [0.25, 0.3) is 5.65 Å². The standard InChI is InChI=1S/C16H17N5O/c1-4-5-6-13-10-15(21-14(20-13)7-8-17-21)22-16-18-11(2)9-12(3)19-16/h4,7-10H,1,5-6H2,2-3H3. The molecule has 0 bridgehead atoms. The Labute approximate surface area is 128 Å². The number of hydrogen-bond donors (Lipinski definition) is 0. The molecule has 3 aromatic heterocycles. The fourth-order valence-electron chi connectivity index (χ4n) is 2.22. The van der Waals surface area contributed by atoms with Crippen LogP contribution in [0.15, 0.2) is 37.1 Å². The summed E-state index contributed by atoms with van der Waals surface area (Å²) in [6.45, 7) is 7.56. The van der Waals surface area contributed by atoms with Crippen LogP contribution in [-0.2, 0) is 6.42 Å². The minimum atomic E-state index is 0.315. The van der Waals surface area contributed by atoms with E-state index in [-0.39, 0.29) is 0 Å². The van der Waals surface area contributed by atoms with Crippen molar-refractivity contribution in [3.05, 3.63) is 54.1 Å². The van der Waals surface area contributed by atoms with Crippen molar-refractivity contribution in [2.45, 2.75) is 26.7 Å². The van der Waals surface area contributed by atoms with E-state index >= 15 is 0 Å². The Morgan fingerprint density at radius 2 is 1.95 bits per heavy atom. The molecule has 0 radical (unpaired) electrons. The molecule has 3 rings (SSSR count). The average molecular weight is 295 g/mol. The molecule has 0 aliphatic carbocycles. The van der Waals surface area contributed by atoms with Gasteiger partial charge in [0, 0.05) is 29.2 Å². The first kappa shape index (κ1) is 14.2. The molecule has 0 saturated carbocycles. The van der Waals surface area contributed by atoms with Crippen molar-refractivity contribution in [1.82, 2.24) is 24.6 Å². The van der Waals surface area contributed by atoms with Gasteiger partial charge in [-0.25, -0.2) is 15.0 Å². The third-order valence-corrected chi connectivity index (χ3v) is 3.14. The van der Waals surface area contributed by atoms with Gasteiger partial charge in [-0.3, -0.25) is 0 Å². The SMILES string of the molecule is C=CCCc1cc(Oc2nc(C)cc(C)n2)n2nccc2n1. The van der Waals surface area contributed by atoms with Crippen LogP contribution in [-0.4, -0.2) is 24.6 Å². The Kier molecular flexibility index (Phi) is 3.82. The van der Waals surface area contributed by atoms with E-state index in [0.29, 0.717) is 11.9 Å². The number of ether oxygens (including phenoxy) is 1. The summed E-state index contributed by atoms with van der Waals surface area (Å²) in [6.07, 6.45) is 5.22. The molecule has 0 fully saturated rings. The molecular formula is C16H17N5O. The van der Waals surface area contributed by atoms with E-state index in [1.54, 1.807) is 10.7 Å². The van der Waals surface area contributed by atoms with Crippen molar-refractivity contribution in [3.63, 3.8) is 0 Å². The molecule has 3 aromatic rings. The molecule has 112 valence electrons. The zero-order valence-electron chi connectivity index (χ0n) is 12.7. The van der Waals surface area contributed by atoms with Gasteiger partial charge in [-0.05, 0) is 32.8 Å². The van der Waals surface area contributed by atoms with Crippen molar-refractivity contribution < 1.29 is 4.74 Å². The largest absolute Gasteiger partial charge is 0.405 e. The number of aryl methyl sites for hydroxylation is 3. The maximum atomic E-state index is 5.84. The fourth-order valence-corrected chi connectivity index (χ4v) is 2.22. The third kappa shape index (κ3) is 2.95. The average Bonchev–Trinajstić information content (AvgIpc) is 2.92. The van der Waals surface area contributed by atoms with E-state index in [1.165, 1.54) is 0 Å². The zero-order chi connectivity index (χ0) is 15.5. The second-order valence-corrected chi connectivity index (χ2v) is 5.05. The number of rotatable bonds is 5. The van der Waals surface area contributed by atoms with E-state index in [0.717, 1.165) is 35.6 Å². The van der Waals surface area contributed by atoms with Crippen LogP contribution in [0.2, 0.25) is 0 Å². The molecule has 6 heteroatoms. The van der Waals surface area contributed by atoms with Crippen molar-refractivity contribution in [3.8, 4) is 11.9 Å². The zero-order valence-corrected chi connectivity index (χ0v) is 12.7. The quantitative estimate of drug-likeness (QED) is 0.677.